The first-order chi connectivity index (χ1) is 7.26. The molecule has 0 saturated heterocycles. The molecule has 0 aromatic heterocycles. The molecule has 0 unspecified atom stereocenters. The molecule has 1 amide bonds. The fourth-order valence-electron chi connectivity index (χ4n) is 0.835. The van der Waals surface area contributed by atoms with Crippen LogP contribution < -0.4 is 5.32 Å². The highest BCUT2D eigenvalue weighted by atomic mass is 33.1. The first-order valence-electron chi connectivity index (χ1n) is 4.92. The second-order valence-electron chi connectivity index (χ2n) is 4.26. The predicted molar refractivity (Wildman–Crippen MR) is 69.4 cm³/mol. The predicted octanol–water partition coefficient (Wildman–Crippen LogP) is 1.84. The van der Waals surface area contributed by atoms with E-state index in [9.17, 15) is 9.59 Å². The Bertz CT molecular complexity index is 251. The zero-order valence-electron chi connectivity index (χ0n) is 10.3. The molecule has 0 aromatic carbocycles. The Morgan fingerprint density at radius 1 is 1.38 bits per heavy atom. The minimum absolute atomic E-state index is 0.127. The van der Waals surface area contributed by atoms with Gasteiger partial charge in [-0.15, -0.1) is 0 Å². The Labute approximate surface area is 105 Å². The molecule has 0 rings (SSSR count). The number of carbonyl (C=O) groups is 2. The molecular formula is C10H19NO3S2. The monoisotopic (exact) mass is 265 g/mol. The van der Waals surface area contributed by atoms with Crippen LogP contribution in [0.4, 0.5) is 0 Å². The average Bonchev–Trinajstić information content (AvgIpc) is 2.12. The van der Waals surface area contributed by atoms with Gasteiger partial charge in [-0.05, 0) is 0 Å². The lowest BCUT2D eigenvalue weighted by Gasteiger charge is -2.19. The summed E-state index contributed by atoms with van der Waals surface area (Å²) >= 11 is 0. The third-order valence-electron chi connectivity index (χ3n) is 1.41. The van der Waals surface area contributed by atoms with Crippen molar-refractivity contribution < 1.29 is 14.3 Å². The standard InChI is InChI=1S/C10H19NO3S2/c1-7(12)11-8(9(13)14-5)6-15-16-10(2,3)4/h8H,6H2,1-5H3,(H,11,12)/t8-/m0/s1. The van der Waals surface area contributed by atoms with E-state index in [0.29, 0.717) is 5.75 Å². The number of methoxy groups -OCH3 is 1. The number of carbonyl (C=O) groups excluding carboxylic acids is 2. The van der Waals surface area contributed by atoms with Crippen LogP contribution in [0.3, 0.4) is 0 Å². The molecule has 1 N–H and O–H groups in total. The van der Waals surface area contributed by atoms with Gasteiger partial charge in [0.15, 0.2) is 0 Å². The van der Waals surface area contributed by atoms with Crippen molar-refractivity contribution in [3.63, 3.8) is 0 Å². The van der Waals surface area contributed by atoms with Crippen molar-refractivity contribution in [3.8, 4) is 0 Å². The van der Waals surface area contributed by atoms with Crippen LogP contribution in [-0.2, 0) is 14.3 Å². The van der Waals surface area contributed by atoms with E-state index in [1.807, 2.05) is 0 Å². The van der Waals surface area contributed by atoms with Crippen LogP contribution in [0.15, 0.2) is 0 Å². The highest BCUT2D eigenvalue weighted by Gasteiger charge is 2.21. The van der Waals surface area contributed by atoms with Crippen LogP contribution in [0.2, 0.25) is 0 Å². The molecule has 0 fully saturated rings. The Morgan fingerprint density at radius 3 is 2.31 bits per heavy atom. The molecule has 94 valence electrons. The lowest BCUT2D eigenvalue weighted by atomic mass is 10.3. The largest absolute Gasteiger partial charge is 0.467 e. The highest BCUT2D eigenvalue weighted by Crippen LogP contribution is 2.35. The normalized spacial score (nSPS) is 13.1. The third-order valence-corrected chi connectivity index (χ3v) is 4.76. The van der Waals surface area contributed by atoms with Gasteiger partial charge >= 0.3 is 5.97 Å². The highest BCUT2D eigenvalue weighted by molar-refractivity contribution is 8.77. The third kappa shape index (κ3) is 7.87. The molecular weight excluding hydrogens is 246 g/mol. The number of esters is 1. The lowest BCUT2D eigenvalue weighted by molar-refractivity contribution is -0.144. The molecule has 0 aliphatic rings. The van der Waals surface area contributed by atoms with Gasteiger partial charge in [0.2, 0.25) is 5.91 Å². The number of nitrogens with one attached hydrogen (secondary N) is 1. The Kier molecular flexibility index (Phi) is 6.90. The van der Waals surface area contributed by atoms with Crippen LogP contribution in [0, 0.1) is 0 Å². The summed E-state index contributed by atoms with van der Waals surface area (Å²) in [5.41, 5.74) is 0. The number of amides is 1. The molecule has 0 aliphatic carbocycles. The fraction of sp³-hybridized carbons (Fsp3) is 0.800. The molecule has 1 atom stereocenters. The van der Waals surface area contributed by atoms with E-state index in [1.165, 1.54) is 14.0 Å². The minimum Gasteiger partial charge on any atom is -0.467 e. The summed E-state index contributed by atoms with van der Waals surface area (Å²) in [4.78, 5) is 22.2. The molecule has 0 spiro atoms. The second kappa shape index (κ2) is 7.06. The van der Waals surface area contributed by atoms with Crippen molar-refractivity contribution in [1.82, 2.24) is 5.32 Å². The van der Waals surface area contributed by atoms with Gasteiger partial charge in [-0.3, -0.25) is 4.79 Å². The zero-order valence-corrected chi connectivity index (χ0v) is 12.0. The number of rotatable bonds is 5. The van der Waals surface area contributed by atoms with Crippen LogP contribution in [0.25, 0.3) is 0 Å². The molecule has 4 nitrogen and oxygen atoms in total. The molecule has 0 radical (unpaired) electrons. The van der Waals surface area contributed by atoms with E-state index in [2.05, 4.69) is 30.8 Å². The fourth-order valence-corrected chi connectivity index (χ4v) is 3.29. The molecule has 0 saturated carbocycles. The van der Waals surface area contributed by atoms with Gasteiger partial charge in [-0.25, -0.2) is 4.79 Å². The minimum atomic E-state index is -0.567. The lowest BCUT2D eigenvalue weighted by Crippen LogP contribution is -2.42. The van der Waals surface area contributed by atoms with Crippen LogP contribution in [-0.4, -0.2) is 35.5 Å². The average molecular weight is 265 g/mol. The number of hydrogen-bond acceptors (Lipinski definition) is 5. The molecule has 0 aliphatic heterocycles. The summed E-state index contributed by atoms with van der Waals surface area (Å²) in [7, 11) is 4.55. The SMILES string of the molecule is COC(=O)[C@H](CSSC(C)(C)C)NC(C)=O. The van der Waals surface area contributed by atoms with Crippen LogP contribution in [0.1, 0.15) is 27.7 Å². The van der Waals surface area contributed by atoms with Crippen molar-refractivity contribution in [2.45, 2.75) is 38.5 Å². The second-order valence-corrected chi connectivity index (χ2v) is 7.42. The van der Waals surface area contributed by atoms with Crippen LogP contribution in [0.5, 0.6) is 0 Å². The maximum atomic E-state index is 11.3. The van der Waals surface area contributed by atoms with Crippen molar-refractivity contribution in [2.24, 2.45) is 0 Å². The van der Waals surface area contributed by atoms with Gasteiger partial charge in [0.05, 0.1) is 7.11 Å². The number of ether oxygens (including phenoxy) is 1. The van der Waals surface area contributed by atoms with Crippen LogP contribution >= 0.6 is 21.6 Å². The quantitative estimate of drug-likeness (QED) is 0.607. The van der Waals surface area contributed by atoms with Gasteiger partial charge in [-0.2, -0.15) is 0 Å². The number of hydrogen-bond donors (Lipinski definition) is 1. The van der Waals surface area contributed by atoms with Gasteiger partial charge < -0.3 is 10.1 Å². The molecule has 0 aromatic rings. The summed E-state index contributed by atoms with van der Waals surface area (Å²) in [6, 6.07) is -0.567. The van der Waals surface area contributed by atoms with Gasteiger partial charge in [0, 0.05) is 17.4 Å². The van der Waals surface area contributed by atoms with Crippen molar-refractivity contribution in [3.05, 3.63) is 0 Å². The smallest absolute Gasteiger partial charge is 0.329 e. The Morgan fingerprint density at radius 2 is 1.94 bits per heavy atom. The zero-order chi connectivity index (χ0) is 12.8. The van der Waals surface area contributed by atoms with Gasteiger partial charge in [0.1, 0.15) is 6.04 Å². The van der Waals surface area contributed by atoms with E-state index in [4.69, 9.17) is 0 Å². The van der Waals surface area contributed by atoms with E-state index in [-0.39, 0.29) is 10.7 Å². The maximum absolute atomic E-state index is 11.3. The van der Waals surface area contributed by atoms with Crippen molar-refractivity contribution in [2.75, 3.05) is 12.9 Å². The molecule has 0 bridgehead atoms. The Balaban J connectivity index is 4.12. The summed E-state index contributed by atoms with van der Waals surface area (Å²) in [6.07, 6.45) is 0. The topological polar surface area (TPSA) is 55.4 Å². The van der Waals surface area contributed by atoms with Gasteiger partial charge in [-0.1, -0.05) is 42.4 Å². The van der Waals surface area contributed by atoms with E-state index in [0.717, 1.165) is 0 Å². The molecule has 6 heteroatoms. The summed E-state index contributed by atoms with van der Waals surface area (Å²) in [5, 5.41) is 2.57. The summed E-state index contributed by atoms with van der Waals surface area (Å²) in [5.74, 6) is -0.122. The Hall–Kier alpha value is -0.360. The maximum Gasteiger partial charge on any atom is 0.329 e. The molecule has 0 heterocycles. The summed E-state index contributed by atoms with van der Waals surface area (Å²) < 4.78 is 4.75. The van der Waals surface area contributed by atoms with Crippen molar-refractivity contribution in [1.29, 1.82) is 0 Å². The first-order valence-corrected chi connectivity index (χ1v) is 7.23. The summed E-state index contributed by atoms with van der Waals surface area (Å²) in [6.45, 7) is 7.67. The van der Waals surface area contributed by atoms with Gasteiger partial charge in [0.25, 0.3) is 0 Å². The van der Waals surface area contributed by atoms with E-state index >= 15 is 0 Å². The van der Waals surface area contributed by atoms with Crippen molar-refractivity contribution >= 4 is 33.5 Å². The molecule has 16 heavy (non-hydrogen) atoms. The first kappa shape index (κ1) is 15.6. The van der Waals surface area contributed by atoms with E-state index < -0.39 is 12.0 Å². The van der Waals surface area contributed by atoms with E-state index in [1.54, 1.807) is 21.6 Å².